The molecule has 0 fully saturated rings. The van der Waals surface area contributed by atoms with Crippen LogP contribution < -0.4 is 10.6 Å². The van der Waals surface area contributed by atoms with Gasteiger partial charge in [0.05, 0.1) is 0 Å². The predicted molar refractivity (Wildman–Crippen MR) is 72.3 cm³/mol. The van der Waals surface area contributed by atoms with Gasteiger partial charge in [-0.1, -0.05) is 12.1 Å². The molecule has 0 saturated carbocycles. The standard InChI is InChI=1S/C14H22N2O2/c1-14(2,3)16-13(18)8-9-15-10-11-4-6-12(17)7-5-11/h4-7,15,17H,8-10H2,1-3H3,(H,16,18). The number of carbonyl (C=O) groups excluding carboxylic acids is 1. The number of carbonyl (C=O) groups is 1. The number of rotatable bonds is 5. The highest BCUT2D eigenvalue weighted by molar-refractivity contribution is 5.76. The lowest BCUT2D eigenvalue weighted by molar-refractivity contribution is -0.122. The minimum atomic E-state index is -0.173. The first kappa shape index (κ1) is 14.5. The van der Waals surface area contributed by atoms with Crippen LogP contribution in [-0.2, 0) is 11.3 Å². The summed E-state index contributed by atoms with van der Waals surface area (Å²) in [7, 11) is 0. The molecule has 0 saturated heterocycles. The van der Waals surface area contributed by atoms with Crippen LogP contribution in [0.2, 0.25) is 0 Å². The third-order valence-corrected chi connectivity index (χ3v) is 2.31. The maximum atomic E-state index is 11.5. The molecule has 0 unspecified atom stereocenters. The van der Waals surface area contributed by atoms with Crippen molar-refractivity contribution in [2.75, 3.05) is 6.54 Å². The first-order valence-corrected chi connectivity index (χ1v) is 6.16. The van der Waals surface area contributed by atoms with Crippen LogP contribution >= 0.6 is 0 Å². The van der Waals surface area contributed by atoms with Crippen molar-refractivity contribution >= 4 is 5.91 Å². The topological polar surface area (TPSA) is 61.4 Å². The van der Waals surface area contributed by atoms with Crippen molar-refractivity contribution in [2.45, 2.75) is 39.3 Å². The summed E-state index contributed by atoms with van der Waals surface area (Å²) in [4.78, 5) is 11.5. The third kappa shape index (κ3) is 6.25. The van der Waals surface area contributed by atoms with Crippen molar-refractivity contribution in [2.24, 2.45) is 0 Å². The average molecular weight is 250 g/mol. The number of amides is 1. The Morgan fingerprint density at radius 2 is 1.83 bits per heavy atom. The maximum absolute atomic E-state index is 11.5. The summed E-state index contributed by atoms with van der Waals surface area (Å²) >= 11 is 0. The zero-order valence-corrected chi connectivity index (χ0v) is 11.3. The first-order chi connectivity index (χ1) is 8.37. The van der Waals surface area contributed by atoms with Gasteiger partial charge in [0.1, 0.15) is 5.75 Å². The van der Waals surface area contributed by atoms with Crippen LogP contribution in [0.5, 0.6) is 5.75 Å². The quantitative estimate of drug-likeness (QED) is 0.698. The van der Waals surface area contributed by atoms with E-state index >= 15 is 0 Å². The van der Waals surface area contributed by atoms with E-state index in [0.29, 0.717) is 19.5 Å². The van der Waals surface area contributed by atoms with Crippen molar-refractivity contribution in [3.8, 4) is 5.75 Å². The Balaban J connectivity index is 2.19. The lowest BCUT2D eigenvalue weighted by atomic mass is 10.1. The van der Waals surface area contributed by atoms with Crippen molar-refractivity contribution in [3.63, 3.8) is 0 Å². The van der Waals surface area contributed by atoms with Crippen LogP contribution in [0, 0.1) is 0 Å². The lowest BCUT2D eigenvalue weighted by Crippen LogP contribution is -2.41. The van der Waals surface area contributed by atoms with Gasteiger partial charge < -0.3 is 15.7 Å². The minimum absolute atomic E-state index is 0.0562. The number of benzene rings is 1. The normalized spacial score (nSPS) is 11.3. The van der Waals surface area contributed by atoms with Gasteiger partial charge in [-0.2, -0.15) is 0 Å². The zero-order chi connectivity index (χ0) is 13.6. The second kappa shape index (κ2) is 6.40. The van der Waals surface area contributed by atoms with E-state index in [9.17, 15) is 4.79 Å². The molecule has 3 N–H and O–H groups in total. The first-order valence-electron chi connectivity index (χ1n) is 6.16. The van der Waals surface area contributed by atoms with E-state index in [1.165, 1.54) is 0 Å². The van der Waals surface area contributed by atoms with Gasteiger partial charge in [-0.3, -0.25) is 4.79 Å². The summed E-state index contributed by atoms with van der Waals surface area (Å²) in [6.07, 6.45) is 0.468. The van der Waals surface area contributed by atoms with Crippen molar-refractivity contribution < 1.29 is 9.90 Å². The Morgan fingerprint density at radius 3 is 2.39 bits per heavy atom. The van der Waals surface area contributed by atoms with Crippen LogP contribution in [0.3, 0.4) is 0 Å². The molecule has 0 radical (unpaired) electrons. The number of nitrogens with one attached hydrogen (secondary N) is 2. The maximum Gasteiger partial charge on any atom is 0.221 e. The van der Waals surface area contributed by atoms with Gasteiger partial charge in [-0.05, 0) is 38.5 Å². The molecule has 0 aliphatic carbocycles. The van der Waals surface area contributed by atoms with E-state index in [-0.39, 0.29) is 17.2 Å². The van der Waals surface area contributed by atoms with Gasteiger partial charge in [0.25, 0.3) is 0 Å². The molecule has 0 aliphatic rings. The van der Waals surface area contributed by atoms with Crippen LogP contribution in [0.15, 0.2) is 24.3 Å². The third-order valence-electron chi connectivity index (χ3n) is 2.31. The molecule has 4 heteroatoms. The number of phenolic OH excluding ortho intramolecular Hbond substituents is 1. The zero-order valence-electron chi connectivity index (χ0n) is 11.3. The Kier molecular flexibility index (Phi) is 5.16. The van der Waals surface area contributed by atoms with Gasteiger partial charge in [0, 0.05) is 25.0 Å². The number of phenols is 1. The largest absolute Gasteiger partial charge is 0.508 e. The van der Waals surface area contributed by atoms with Crippen molar-refractivity contribution in [3.05, 3.63) is 29.8 Å². The monoisotopic (exact) mass is 250 g/mol. The fourth-order valence-electron chi connectivity index (χ4n) is 1.53. The second-order valence-electron chi connectivity index (χ2n) is 5.39. The van der Waals surface area contributed by atoms with Gasteiger partial charge in [0.15, 0.2) is 0 Å². The molecule has 0 atom stereocenters. The Bertz CT molecular complexity index is 380. The summed E-state index contributed by atoms with van der Waals surface area (Å²) < 4.78 is 0. The molecule has 0 bridgehead atoms. The van der Waals surface area contributed by atoms with Gasteiger partial charge in [-0.25, -0.2) is 0 Å². The Hall–Kier alpha value is -1.55. The Labute approximate surface area is 108 Å². The number of hydrogen-bond donors (Lipinski definition) is 3. The fourth-order valence-corrected chi connectivity index (χ4v) is 1.53. The molecular weight excluding hydrogens is 228 g/mol. The van der Waals surface area contributed by atoms with Gasteiger partial charge >= 0.3 is 0 Å². The highest BCUT2D eigenvalue weighted by Gasteiger charge is 2.12. The molecule has 0 spiro atoms. The molecular formula is C14H22N2O2. The van der Waals surface area contributed by atoms with Crippen LogP contribution in [0.25, 0.3) is 0 Å². The predicted octanol–water partition coefficient (Wildman–Crippen LogP) is 1.79. The van der Waals surface area contributed by atoms with E-state index < -0.39 is 0 Å². The molecule has 1 aromatic rings. The van der Waals surface area contributed by atoms with Gasteiger partial charge in [-0.15, -0.1) is 0 Å². The van der Waals surface area contributed by atoms with E-state index in [0.717, 1.165) is 5.56 Å². The SMILES string of the molecule is CC(C)(C)NC(=O)CCNCc1ccc(O)cc1. The molecule has 100 valence electrons. The lowest BCUT2D eigenvalue weighted by Gasteiger charge is -2.20. The Morgan fingerprint density at radius 1 is 1.22 bits per heavy atom. The smallest absolute Gasteiger partial charge is 0.221 e. The molecule has 1 rings (SSSR count). The van der Waals surface area contributed by atoms with E-state index in [4.69, 9.17) is 5.11 Å². The number of aromatic hydroxyl groups is 1. The van der Waals surface area contributed by atoms with E-state index in [1.807, 2.05) is 32.9 Å². The summed E-state index contributed by atoms with van der Waals surface area (Å²) in [5.41, 5.74) is 0.914. The fraction of sp³-hybridized carbons (Fsp3) is 0.500. The molecule has 1 aromatic carbocycles. The summed E-state index contributed by atoms with van der Waals surface area (Å²) in [6.45, 7) is 7.24. The highest BCUT2D eigenvalue weighted by atomic mass is 16.3. The summed E-state index contributed by atoms with van der Waals surface area (Å²) in [5.74, 6) is 0.323. The molecule has 0 heterocycles. The molecule has 0 aliphatic heterocycles. The summed E-state index contributed by atoms with van der Waals surface area (Å²) in [6, 6.07) is 7.03. The van der Waals surface area contributed by atoms with E-state index in [2.05, 4.69) is 10.6 Å². The van der Waals surface area contributed by atoms with E-state index in [1.54, 1.807) is 12.1 Å². The van der Waals surface area contributed by atoms with Crippen molar-refractivity contribution in [1.29, 1.82) is 0 Å². The highest BCUT2D eigenvalue weighted by Crippen LogP contribution is 2.09. The van der Waals surface area contributed by atoms with Crippen LogP contribution in [-0.4, -0.2) is 23.1 Å². The molecule has 0 aromatic heterocycles. The molecule has 18 heavy (non-hydrogen) atoms. The number of hydrogen-bond acceptors (Lipinski definition) is 3. The summed E-state index contributed by atoms with van der Waals surface area (Å²) in [5, 5.41) is 15.2. The average Bonchev–Trinajstić information content (AvgIpc) is 2.24. The van der Waals surface area contributed by atoms with Gasteiger partial charge in [0.2, 0.25) is 5.91 Å². The minimum Gasteiger partial charge on any atom is -0.508 e. The van der Waals surface area contributed by atoms with Crippen LogP contribution in [0.1, 0.15) is 32.8 Å². The van der Waals surface area contributed by atoms with Crippen molar-refractivity contribution in [1.82, 2.24) is 10.6 Å². The van der Waals surface area contributed by atoms with Crippen LogP contribution in [0.4, 0.5) is 0 Å². The second-order valence-corrected chi connectivity index (χ2v) is 5.39. The molecule has 1 amide bonds. The molecule has 4 nitrogen and oxygen atoms in total.